The number of aryl methyl sites for hydroxylation is 1. The average molecular weight is 415 g/mol. The Morgan fingerprint density at radius 1 is 1.31 bits per heavy atom. The minimum Gasteiger partial charge on any atom is -0.351 e. The van der Waals surface area contributed by atoms with Gasteiger partial charge in [0.2, 0.25) is 0 Å². The number of nitrogens with one attached hydrogen (secondary N) is 1. The highest BCUT2D eigenvalue weighted by Crippen LogP contribution is 2.34. The zero-order valence-corrected chi connectivity index (χ0v) is 17.8. The third-order valence-corrected chi connectivity index (χ3v) is 6.88. The Morgan fingerprint density at radius 3 is 2.83 bits per heavy atom. The van der Waals surface area contributed by atoms with Crippen LogP contribution >= 0.6 is 11.3 Å². The summed E-state index contributed by atoms with van der Waals surface area (Å²) in [6.45, 7) is 6.34. The quantitative estimate of drug-likeness (QED) is 0.612. The lowest BCUT2D eigenvalue weighted by Crippen LogP contribution is -2.35. The third-order valence-electron chi connectivity index (χ3n) is 5.68. The van der Waals surface area contributed by atoms with E-state index in [1.165, 1.54) is 30.2 Å². The Kier molecular flexibility index (Phi) is 5.96. The van der Waals surface area contributed by atoms with Gasteiger partial charge in [-0.2, -0.15) is 5.10 Å². The third kappa shape index (κ3) is 4.36. The molecule has 4 rings (SSSR count). The number of benzene rings is 1. The molecular weight excluding hydrogens is 387 g/mol. The molecule has 1 N–H and O–H groups in total. The standard InChI is InChI=1S/C22H27FN4OS/c1-15-8-12-27(13-9-15)11-5-10-24-21(28)19-14-17-20(25-26(2)22(17)29-19)16-6-3-4-7-18(16)23/h3-4,6-7,14-15H,5,8-13H2,1-2H3,(H,24,28). The van der Waals surface area contributed by atoms with Crippen molar-refractivity contribution in [1.29, 1.82) is 0 Å². The van der Waals surface area contributed by atoms with E-state index in [-0.39, 0.29) is 11.7 Å². The number of fused-ring (bicyclic) bond motifs is 1. The van der Waals surface area contributed by atoms with E-state index in [1.54, 1.807) is 22.9 Å². The smallest absolute Gasteiger partial charge is 0.261 e. The molecule has 0 spiro atoms. The molecule has 29 heavy (non-hydrogen) atoms. The first-order valence-electron chi connectivity index (χ1n) is 10.2. The van der Waals surface area contributed by atoms with E-state index >= 15 is 0 Å². The zero-order chi connectivity index (χ0) is 20.4. The largest absolute Gasteiger partial charge is 0.351 e. The Morgan fingerprint density at radius 2 is 2.07 bits per heavy atom. The lowest BCUT2D eigenvalue weighted by molar-refractivity contribution is 0.0954. The van der Waals surface area contributed by atoms with E-state index in [0.717, 1.165) is 42.2 Å². The van der Waals surface area contributed by atoms with Crippen LogP contribution in [-0.2, 0) is 7.05 Å². The first-order chi connectivity index (χ1) is 14.0. The number of likely N-dealkylation sites (tertiary alicyclic amines) is 1. The highest BCUT2D eigenvalue weighted by molar-refractivity contribution is 7.20. The normalized spacial score (nSPS) is 15.8. The number of aromatic nitrogens is 2. The Balaban J connectivity index is 1.40. The molecule has 0 saturated carbocycles. The first kappa shape index (κ1) is 20.0. The summed E-state index contributed by atoms with van der Waals surface area (Å²) in [5.74, 6) is 0.456. The molecular formula is C22H27FN4OS. The molecule has 2 aromatic heterocycles. The maximum Gasteiger partial charge on any atom is 0.261 e. The van der Waals surface area contributed by atoms with E-state index in [1.807, 2.05) is 13.1 Å². The summed E-state index contributed by atoms with van der Waals surface area (Å²) in [4.78, 5) is 16.6. The second kappa shape index (κ2) is 8.63. The van der Waals surface area contributed by atoms with Crippen molar-refractivity contribution < 1.29 is 9.18 Å². The van der Waals surface area contributed by atoms with Crippen molar-refractivity contribution in [3.63, 3.8) is 0 Å². The summed E-state index contributed by atoms with van der Waals surface area (Å²) in [5.41, 5.74) is 1.04. The molecule has 0 aliphatic carbocycles. The molecule has 0 atom stereocenters. The Bertz CT molecular complexity index is 1000. The van der Waals surface area contributed by atoms with E-state index in [4.69, 9.17) is 0 Å². The van der Waals surface area contributed by atoms with E-state index in [0.29, 0.717) is 22.7 Å². The number of hydrogen-bond donors (Lipinski definition) is 1. The number of carbonyl (C=O) groups excluding carboxylic acids is 1. The SMILES string of the molecule is CC1CCN(CCCNC(=O)c2cc3c(-c4ccccc4F)nn(C)c3s2)CC1. The van der Waals surface area contributed by atoms with Gasteiger partial charge in [0.15, 0.2) is 0 Å². The maximum absolute atomic E-state index is 14.2. The van der Waals surface area contributed by atoms with Crippen LogP contribution in [0.3, 0.4) is 0 Å². The van der Waals surface area contributed by atoms with Gasteiger partial charge in [-0.05, 0) is 63.0 Å². The van der Waals surface area contributed by atoms with Crippen molar-refractivity contribution in [2.45, 2.75) is 26.2 Å². The van der Waals surface area contributed by atoms with Gasteiger partial charge in [-0.1, -0.05) is 19.1 Å². The van der Waals surface area contributed by atoms with E-state index in [2.05, 4.69) is 22.2 Å². The van der Waals surface area contributed by atoms with Gasteiger partial charge >= 0.3 is 0 Å². The highest BCUT2D eigenvalue weighted by Gasteiger charge is 2.20. The molecule has 0 unspecified atom stereocenters. The van der Waals surface area contributed by atoms with Crippen molar-refractivity contribution in [1.82, 2.24) is 20.0 Å². The van der Waals surface area contributed by atoms with Crippen LogP contribution in [0.25, 0.3) is 21.5 Å². The predicted molar refractivity (Wildman–Crippen MR) is 116 cm³/mol. The zero-order valence-electron chi connectivity index (χ0n) is 16.9. The number of amides is 1. The molecule has 3 aromatic rings. The van der Waals surface area contributed by atoms with Crippen molar-refractivity contribution in [2.24, 2.45) is 13.0 Å². The number of hydrogen-bond acceptors (Lipinski definition) is 4. The number of carbonyl (C=O) groups is 1. The fourth-order valence-electron chi connectivity index (χ4n) is 3.88. The van der Waals surface area contributed by atoms with Gasteiger partial charge in [0.25, 0.3) is 5.91 Å². The van der Waals surface area contributed by atoms with E-state index in [9.17, 15) is 9.18 Å². The molecule has 1 aromatic carbocycles. The van der Waals surface area contributed by atoms with Crippen LogP contribution in [0.2, 0.25) is 0 Å². The summed E-state index contributed by atoms with van der Waals surface area (Å²) in [5, 5.41) is 8.31. The molecule has 1 saturated heterocycles. The monoisotopic (exact) mass is 414 g/mol. The molecule has 0 radical (unpaired) electrons. The Hall–Kier alpha value is -2.25. The molecule has 3 heterocycles. The Labute approximate surface area is 174 Å². The predicted octanol–water partition coefficient (Wildman–Crippen LogP) is 4.29. The van der Waals surface area contributed by atoms with Gasteiger partial charge in [0, 0.05) is 24.5 Å². The first-order valence-corrected chi connectivity index (χ1v) is 11.1. The van der Waals surface area contributed by atoms with Crippen LogP contribution in [0.15, 0.2) is 30.3 Å². The highest BCUT2D eigenvalue weighted by atomic mass is 32.1. The summed E-state index contributed by atoms with van der Waals surface area (Å²) in [7, 11) is 1.82. The summed E-state index contributed by atoms with van der Waals surface area (Å²) in [6.07, 6.45) is 3.49. The molecule has 1 aliphatic heterocycles. The number of rotatable bonds is 6. The fourth-order valence-corrected chi connectivity index (χ4v) is 4.87. The van der Waals surface area contributed by atoms with E-state index < -0.39 is 0 Å². The summed E-state index contributed by atoms with van der Waals surface area (Å²) in [6, 6.07) is 8.43. The molecule has 1 fully saturated rings. The minimum atomic E-state index is -0.309. The molecule has 1 aliphatic rings. The summed E-state index contributed by atoms with van der Waals surface area (Å²) >= 11 is 1.40. The number of halogens is 1. The molecule has 5 nitrogen and oxygen atoms in total. The average Bonchev–Trinajstić information content (AvgIpc) is 3.28. The summed E-state index contributed by atoms with van der Waals surface area (Å²) < 4.78 is 15.9. The fraction of sp³-hybridized carbons (Fsp3) is 0.455. The maximum atomic E-state index is 14.2. The lowest BCUT2D eigenvalue weighted by Gasteiger charge is -2.30. The second-order valence-electron chi connectivity index (χ2n) is 7.92. The van der Waals surface area contributed by atoms with Gasteiger partial charge in [-0.25, -0.2) is 4.39 Å². The van der Waals surface area contributed by atoms with Gasteiger partial charge in [-0.15, -0.1) is 11.3 Å². The number of piperidine rings is 1. The van der Waals surface area contributed by atoms with Gasteiger partial charge in [0.1, 0.15) is 16.3 Å². The van der Waals surface area contributed by atoms with Crippen molar-refractivity contribution >= 4 is 27.5 Å². The molecule has 1 amide bonds. The van der Waals surface area contributed by atoms with Crippen LogP contribution in [-0.4, -0.2) is 46.8 Å². The van der Waals surface area contributed by atoms with Crippen LogP contribution in [0, 0.1) is 11.7 Å². The molecule has 154 valence electrons. The van der Waals surface area contributed by atoms with Crippen molar-refractivity contribution in [3.8, 4) is 11.3 Å². The second-order valence-corrected chi connectivity index (χ2v) is 8.95. The van der Waals surface area contributed by atoms with Crippen LogP contribution in [0.5, 0.6) is 0 Å². The number of thiophene rings is 1. The van der Waals surface area contributed by atoms with Gasteiger partial charge in [-0.3, -0.25) is 9.48 Å². The minimum absolute atomic E-state index is 0.0713. The molecule has 0 bridgehead atoms. The van der Waals surface area contributed by atoms with Gasteiger partial charge < -0.3 is 10.2 Å². The van der Waals surface area contributed by atoms with Crippen molar-refractivity contribution in [2.75, 3.05) is 26.2 Å². The lowest BCUT2D eigenvalue weighted by atomic mass is 9.99. The van der Waals surface area contributed by atoms with Crippen LogP contribution < -0.4 is 5.32 Å². The van der Waals surface area contributed by atoms with Gasteiger partial charge in [0.05, 0.1) is 4.88 Å². The van der Waals surface area contributed by atoms with Crippen LogP contribution in [0.4, 0.5) is 4.39 Å². The topological polar surface area (TPSA) is 50.2 Å². The van der Waals surface area contributed by atoms with Crippen LogP contribution in [0.1, 0.15) is 35.9 Å². The number of nitrogens with zero attached hydrogens (tertiary/aromatic N) is 3. The van der Waals surface area contributed by atoms with Crippen molar-refractivity contribution in [3.05, 3.63) is 41.0 Å². The molecule has 7 heteroatoms.